The molecule has 1 aliphatic rings. The number of fused-ring (bicyclic) bond motifs is 1. The fourth-order valence-corrected chi connectivity index (χ4v) is 5.63. The number of piperazine rings is 1. The average Bonchev–Trinajstić information content (AvgIpc) is 3.41. The number of nitriles is 1. The number of rotatable bonds is 8. The van der Waals surface area contributed by atoms with E-state index in [0.717, 1.165) is 59.1 Å². The topological polar surface area (TPSA) is 94.2 Å². The predicted molar refractivity (Wildman–Crippen MR) is 139 cm³/mol. The summed E-state index contributed by atoms with van der Waals surface area (Å²) in [5, 5.41) is 12.1. The van der Waals surface area contributed by atoms with Crippen LogP contribution in [0.25, 0.3) is 16.0 Å². The van der Waals surface area contributed by atoms with E-state index in [1.807, 2.05) is 36.9 Å². The Morgan fingerprint density at radius 3 is 2.77 bits per heavy atom. The Labute approximate surface area is 210 Å². The van der Waals surface area contributed by atoms with Gasteiger partial charge in [-0.3, -0.25) is 9.69 Å². The maximum atomic E-state index is 11.6. The van der Waals surface area contributed by atoms with Crippen molar-refractivity contribution in [2.45, 2.75) is 45.7 Å². The van der Waals surface area contributed by atoms with Crippen molar-refractivity contribution in [3.8, 4) is 6.07 Å². The van der Waals surface area contributed by atoms with Crippen LogP contribution in [0.4, 0.5) is 0 Å². The third-order valence-electron chi connectivity index (χ3n) is 6.41. The Morgan fingerprint density at radius 2 is 2.11 bits per heavy atom. The zero-order chi connectivity index (χ0) is 25.1. The van der Waals surface area contributed by atoms with Gasteiger partial charge < -0.3 is 9.91 Å². The molecule has 35 heavy (non-hydrogen) atoms. The molecular formula is C25H32N8OS. The van der Waals surface area contributed by atoms with Gasteiger partial charge >= 0.3 is 0 Å². The lowest BCUT2D eigenvalue weighted by Crippen LogP contribution is -2.52. The summed E-state index contributed by atoms with van der Waals surface area (Å²) in [6, 6.07) is 6.72. The van der Waals surface area contributed by atoms with Crippen molar-refractivity contribution in [2.75, 3.05) is 38.7 Å². The van der Waals surface area contributed by atoms with Crippen molar-refractivity contribution >= 4 is 33.7 Å². The SMILES string of the molecule is CCC(c1ccc2nc(C)sc2n1)N1CCN(/C(=C/C=O)c2nc(CC#N)cn2N(C)C)C(C)C1. The van der Waals surface area contributed by atoms with Crippen molar-refractivity contribution in [3.63, 3.8) is 0 Å². The summed E-state index contributed by atoms with van der Waals surface area (Å²) in [4.78, 5) is 31.6. The van der Waals surface area contributed by atoms with Crippen LogP contribution in [0.1, 0.15) is 48.5 Å². The third kappa shape index (κ3) is 5.06. The van der Waals surface area contributed by atoms with E-state index in [0.29, 0.717) is 11.5 Å². The fourth-order valence-electron chi connectivity index (χ4n) is 4.83. The van der Waals surface area contributed by atoms with Crippen LogP contribution in [0.2, 0.25) is 0 Å². The Kier molecular flexibility index (Phi) is 7.48. The molecule has 0 amide bonds. The lowest BCUT2D eigenvalue weighted by molar-refractivity contribution is -0.104. The summed E-state index contributed by atoms with van der Waals surface area (Å²) in [5.41, 5.74) is 3.50. The molecule has 3 aromatic rings. The molecule has 1 aliphatic heterocycles. The van der Waals surface area contributed by atoms with Crippen molar-refractivity contribution < 1.29 is 4.79 Å². The van der Waals surface area contributed by atoms with E-state index in [-0.39, 0.29) is 18.5 Å². The molecule has 0 bridgehead atoms. The zero-order valence-electron chi connectivity index (χ0n) is 21.0. The number of carbonyl (C=O) groups is 1. The Morgan fingerprint density at radius 1 is 1.31 bits per heavy atom. The third-order valence-corrected chi connectivity index (χ3v) is 7.29. The van der Waals surface area contributed by atoms with E-state index in [1.165, 1.54) is 0 Å². The second-order valence-electron chi connectivity index (χ2n) is 9.03. The van der Waals surface area contributed by atoms with Gasteiger partial charge in [0.1, 0.15) is 16.6 Å². The summed E-state index contributed by atoms with van der Waals surface area (Å²) in [6.45, 7) is 8.83. The minimum atomic E-state index is 0.158. The van der Waals surface area contributed by atoms with Gasteiger partial charge in [0.05, 0.1) is 46.8 Å². The minimum absolute atomic E-state index is 0.158. The van der Waals surface area contributed by atoms with Crippen molar-refractivity contribution in [1.29, 1.82) is 5.26 Å². The molecule has 1 fully saturated rings. The standard InChI is InChI=1S/C25H32N8OS/c1-6-22(20-7-8-21-25(29-20)35-18(3)27-21)31-12-13-32(17(2)15-31)23(10-14-34)24-28-19(9-11-26)16-33(24)30(4)5/h7-8,10,14,16-17,22H,6,9,12-13,15H2,1-5H3/b23-10+. The number of carbonyl (C=O) groups excluding carboxylic acids is 1. The van der Waals surface area contributed by atoms with E-state index in [4.69, 9.17) is 15.2 Å². The van der Waals surface area contributed by atoms with Crippen LogP contribution in [0.3, 0.4) is 0 Å². The molecular weight excluding hydrogens is 460 g/mol. The van der Waals surface area contributed by atoms with Gasteiger partial charge in [0.15, 0.2) is 5.82 Å². The minimum Gasteiger partial charge on any atom is -0.363 e. The van der Waals surface area contributed by atoms with Crippen molar-refractivity contribution in [2.24, 2.45) is 0 Å². The first-order chi connectivity index (χ1) is 16.9. The zero-order valence-corrected chi connectivity index (χ0v) is 21.8. The van der Waals surface area contributed by atoms with Gasteiger partial charge in [0, 0.05) is 45.8 Å². The molecule has 184 valence electrons. The number of allylic oxidation sites excluding steroid dienone is 1. The lowest BCUT2D eigenvalue weighted by atomic mass is 10.0. The maximum absolute atomic E-state index is 11.6. The second-order valence-corrected chi connectivity index (χ2v) is 10.2. The van der Waals surface area contributed by atoms with Crippen molar-refractivity contribution in [1.82, 2.24) is 29.4 Å². The summed E-state index contributed by atoms with van der Waals surface area (Å²) in [6.07, 6.45) is 5.44. The number of aldehydes is 1. The second kappa shape index (κ2) is 10.5. The summed E-state index contributed by atoms with van der Waals surface area (Å²) in [7, 11) is 3.84. The molecule has 0 aliphatic carbocycles. The lowest BCUT2D eigenvalue weighted by Gasteiger charge is -2.44. The van der Waals surface area contributed by atoms with Crippen LogP contribution in [-0.2, 0) is 11.2 Å². The molecule has 3 aromatic heterocycles. The van der Waals surface area contributed by atoms with Gasteiger partial charge in [0.2, 0.25) is 0 Å². The van der Waals surface area contributed by atoms with Gasteiger partial charge in [0.25, 0.3) is 0 Å². The van der Waals surface area contributed by atoms with E-state index in [1.54, 1.807) is 17.4 Å². The van der Waals surface area contributed by atoms with Crippen molar-refractivity contribution in [3.05, 3.63) is 46.6 Å². The highest BCUT2D eigenvalue weighted by Crippen LogP contribution is 2.31. The van der Waals surface area contributed by atoms with Crippen LogP contribution in [0.5, 0.6) is 0 Å². The Hall–Kier alpha value is -3.29. The molecule has 4 rings (SSSR count). The number of hydrogen-bond donors (Lipinski definition) is 0. The molecule has 0 radical (unpaired) electrons. The van der Waals surface area contributed by atoms with Gasteiger partial charge in [-0.1, -0.05) is 18.3 Å². The van der Waals surface area contributed by atoms with Gasteiger partial charge in [-0.05, 0) is 32.4 Å². The van der Waals surface area contributed by atoms with E-state index >= 15 is 0 Å². The van der Waals surface area contributed by atoms with Gasteiger partial charge in [-0.2, -0.15) is 5.26 Å². The highest BCUT2D eigenvalue weighted by Gasteiger charge is 2.32. The van der Waals surface area contributed by atoms with Crippen LogP contribution in [0, 0.1) is 18.3 Å². The normalized spacial score (nSPS) is 18.0. The molecule has 0 spiro atoms. The first-order valence-corrected chi connectivity index (χ1v) is 12.7. The molecule has 1 saturated heterocycles. The quantitative estimate of drug-likeness (QED) is 0.350. The maximum Gasteiger partial charge on any atom is 0.175 e. The molecule has 9 nitrogen and oxygen atoms in total. The largest absolute Gasteiger partial charge is 0.363 e. The average molecular weight is 493 g/mol. The number of nitrogens with zero attached hydrogens (tertiary/aromatic N) is 8. The molecule has 4 heterocycles. The van der Waals surface area contributed by atoms with E-state index < -0.39 is 0 Å². The molecule has 0 aromatic carbocycles. The predicted octanol–water partition coefficient (Wildman–Crippen LogP) is 3.16. The number of aromatic nitrogens is 4. The summed E-state index contributed by atoms with van der Waals surface area (Å²) in [5.74, 6) is 0.673. The number of imidazole rings is 1. The van der Waals surface area contributed by atoms with E-state index in [2.05, 4.69) is 46.8 Å². The van der Waals surface area contributed by atoms with E-state index in [9.17, 15) is 4.79 Å². The monoisotopic (exact) mass is 492 g/mol. The van der Waals surface area contributed by atoms with Crippen LogP contribution in [-0.4, -0.2) is 75.5 Å². The van der Waals surface area contributed by atoms with Gasteiger partial charge in [-0.25, -0.2) is 19.6 Å². The number of pyridine rings is 1. The number of aryl methyl sites for hydroxylation is 1. The van der Waals surface area contributed by atoms with Crippen LogP contribution in [0.15, 0.2) is 24.4 Å². The molecule has 0 saturated carbocycles. The van der Waals surface area contributed by atoms with Gasteiger partial charge in [-0.15, -0.1) is 0 Å². The first kappa shape index (κ1) is 24.8. The van der Waals surface area contributed by atoms with Crippen LogP contribution < -0.4 is 5.01 Å². The molecule has 2 atom stereocenters. The molecule has 0 N–H and O–H groups in total. The molecule has 10 heteroatoms. The highest BCUT2D eigenvalue weighted by molar-refractivity contribution is 7.18. The highest BCUT2D eigenvalue weighted by atomic mass is 32.1. The summed E-state index contributed by atoms with van der Waals surface area (Å²) < 4.78 is 1.89. The number of hydrogen-bond acceptors (Lipinski definition) is 9. The molecule has 2 unspecified atom stereocenters. The fraction of sp³-hybridized carbons (Fsp3) is 0.480. The Bertz CT molecular complexity index is 1270. The smallest absolute Gasteiger partial charge is 0.175 e. The number of thiazole rings is 1. The Balaban J connectivity index is 1.58. The first-order valence-electron chi connectivity index (χ1n) is 11.9. The summed E-state index contributed by atoms with van der Waals surface area (Å²) >= 11 is 1.63. The van der Waals surface area contributed by atoms with Crippen LogP contribution >= 0.6 is 11.3 Å².